The molecule has 2 aromatic heterocycles. The average Bonchev–Trinajstić information content (AvgIpc) is 3.02. The molecule has 0 radical (unpaired) electrons. The van der Waals surface area contributed by atoms with Gasteiger partial charge in [0.1, 0.15) is 6.54 Å². The monoisotopic (exact) mass is 329 g/mol. The Labute approximate surface area is 141 Å². The van der Waals surface area contributed by atoms with Gasteiger partial charge in [-0.2, -0.15) is 5.10 Å². The van der Waals surface area contributed by atoms with Gasteiger partial charge in [-0.05, 0) is 24.6 Å². The molecule has 1 N–H and O–H groups in total. The summed E-state index contributed by atoms with van der Waals surface area (Å²) in [4.78, 5) is 19.0. The quantitative estimate of drug-likeness (QED) is 0.848. The van der Waals surface area contributed by atoms with Gasteiger partial charge in [0.15, 0.2) is 0 Å². The summed E-state index contributed by atoms with van der Waals surface area (Å²) >= 11 is 0. The summed E-state index contributed by atoms with van der Waals surface area (Å²) in [6.07, 6.45) is 5.40. The van der Waals surface area contributed by atoms with Crippen LogP contribution in [0.3, 0.4) is 0 Å². The van der Waals surface area contributed by atoms with E-state index in [0.29, 0.717) is 19.8 Å². The SMILES string of the molecule is Cc1cnn(CC(=O)NC[C@H](c2ccccn2)N2CCOCC2)c1. The van der Waals surface area contributed by atoms with Crippen LogP contribution in [0.1, 0.15) is 17.3 Å². The van der Waals surface area contributed by atoms with Crippen LogP contribution in [0.5, 0.6) is 0 Å². The predicted molar refractivity (Wildman–Crippen MR) is 89.3 cm³/mol. The van der Waals surface area contributed by atoms with E-state index < -0.39 is 0 Å². The van der Waals surface area contributed by atoms with E-state index >= 15 is 0 Å². The topological polar surface area (TPSA) is 72.3 Å². The molecule has 0 unspecified atom stereocenters. The van der Waals surface area contributed by atoms with Crippen LogP contribution in [0, 0.1) is 6.92 Å². The van der Waals surface area contributed by atoms with Crippen molar-refractivity contribution < 1.29 is 9.53 Å². The fourth-order valence-electron chi connectivity index (χ4n) is 2.85. The summed E-state index contributed by atoms with van der Waals surface area (Å²) in [5.41, 5.74) is 2.01. The number of morpholine rings is 1. The van der Waals surface area contributed by atoms with E-state index in [2.05, 4.69) is 20.3 Å². The van der Waals surface area contributed by atoms with Gasteiger partial charge in [-0.3, -0.25) is 19.4 Å². The summed E-state index contributed by atoms with van der Waals surface area (Å²) in [5, 5.41) is 7.16. The molecule has 1 aliphatic heterocycles. The average molecular weight is 329 g/mol. The maximum absolute atomic E-state index is 12.2. The number of rotatable bonds is 6. The molecule has 2 aromatic rings. The molecule has 3 heterocycles. The van der Waals surface area contributed by atoms with Gasteiger partial charge in [-0.15, -0.1) is 0 Å². The van der Waals surface area contributed by atoms with E-state index in [-0.39, 0.29) is 18.5 Å². The molecule has 1 amide bonds. The third-order valence-corrected chi connectivity index (χ3v) is 4.08. The largest absolute Gasteiger partial charge is 0.379 e. The lowest BCUT2D eigenvalue weighted by Crippen LogP contribution is -2.44. The first-order chi connectivity index (χ1) is 11.7. The van der Waals surface area contributed by atoms with Crippen LogP contribution in [0.15, 0.2) is 36.8 Å². The Balaban J connectivity index is 1.62. The van der Waals surface area contributed by atoms with Crippen molar-refractivity contribution in [2.75, 3.05) is 32.8 Å². The number of hydrogen-bond donors (Lipinski definition) is 1. The Kier molecular flexibility index (Phi) is 5.55. The fourth-order valence-corrected chi connectivity index (χ4v) is 2.85. The van der Waals surface area contributed by atoms with Crippen molar-refractivity contribution in [2.45, 2.75) is 19.5 Å². The maximum atomic E-state index is 12.2. The van der Waals surface area contributed by atoms with E-state index in [1.807, 2.05) is 31.3 Å². The highest BCUT2D eigenvalue weighted by molar-refractivity contribution is 5.75. The first kappa shape index (κ1) is 16.6. The molecule has 0 aliphatic carbocycles. The zero-order chi connectivity index (χ0) is 16.8. The second-order valence-electron chi connectivity index (χ2n) is 5.94. The molecule has 3 rings (SSSR count). The Morgan fingerprint density at radius 3 is 2.88 bits per heavy atom. The highest BCUT2D eigenvalue weighted by atomic mass is 16.5. The highest BCUT2D eigenvalue weighted by Crippen LogP contribution is 2.19. The number of nitrogens with zero attached hydrogens (tertiary/aromatic N) is 4. The van der Waals surface area contributed by atoms with E-state index in [9.17, 15) is 4.79 Å². The predicted octanol–water partition coefficient (Wildman–Crippen LogP) is 0.776. The standard InChI is InChI=1S/C17H23N5O2/c1-14-10-20-22(12-14)13-17(23)19-11-16(15-4-2-3-5-18-15)21-6-8-24-9-7-21/h2-5,10,12,16H,6-9,11,13H2,1H3,(H,19,23)/t16-/m1/s1. The van der Waals surface area contributed by atoms with Crippen LogP contribution in [0.4, 0.5) is 0 Å². The minimum absolute atomic E-state index is 0.0488. The number of aryl methyl sites for hydroxylation is 1. The van der Waals surface area contributed by atoms with Crippen LogP contribution in [-0.4, -0.2) is 58.4 Å². The zero-order valence-corrected chi connectivity index (χ0v) is 13.9. The third-order valence-electron chi connectivity index (χ3n) is 4.08. The zero-order valence-electron chi connectivity index (χ0n) is 13.9. The molecular formula is C17H23N5O2. The summed E-state index contributed by atoms with van der Waals surface area (Å²) in [7, 11) is 0. The van der Waals surface area contributed by atoms with Crippen molar-refractivity contribution in [1.29, 1.82) is 0 Å². The molecule has 7 heteroatoms. The number of hydrogen-bond acceptors (Lipinski definition) is 5. The number of pyridine rings is 1. The maximum Gasteiger partial charge on any atom is 0.241 e. The van der Waals surface area contributed by atoms with Gasteiger partial charge < -0.3 is 10.1 Å². The summed E-state index contributed by atoms with van der Waals surface area (Å²) in [5.74, 6) is -0.0488. The summed E-state index contributed by atoms with van der Waals surface area (Å²) in [6, 6.07) is 5.93. The van der Waals surface area contributed by atoms with Crippen molar-refractivity contribution in [1.82, 2.24) is 25.0 Å². The summed E-state index contributed by atoms with van der Waals surface area (Å²) in [6.45, 7) is 5.82. The van der Waals surface area contributed by atoms with Crippen molar-refractivity contribution in [2.24, 2.45) is 0 Å². The molecule has 0 saturated carbocycles. The van der Waals surface area contributed by atoms with Gasteiger partial charge in [0.25, 0.3) is 0 Å². The van der Waals surface area contributed by atoms with Crippen LogP contribution in [0.25, 0.3) is 0 Å². The molecule has 128 valence electrons. The smallest absolute Gasteiger partial charge is 0.241 e. The molecule has 0 bridgehead atoms. The minimum atomic E-state index is -0.0488. The van der Waals surface area contributed by atoms with Gasteiger partial charge in [0, 0.05) is 32.0 Å². The molecule has 7 nitrogen and oxygen atoms in total. The lowest BCUT2D eigenvalue weighted by Gasteiger charge is -2.34. The molecule has 1 fully saturated rings. The van der Waals surface area contributed by atoms with Gasteiger partial charge in [-0.25, -0.2) is 0 Å². The Morgan fingerprint density at radius 2 is 2.21 bits per heavy atom. The number of nitrogens with one attached hydrogen (secondary N) is 1. The Hall–Kier alpha value is -2.25. The lowest BCUT2D eigenvalue weighted by atomic mass is 10.1. The Bertz CT molecular complexity index is 652. The molecular weight excluding hydrogens is 306 g/mol. The molecule has 1 atom stereocenters. The molecule has 1 aliphatic rings. The van der Waals surface area contributed by atoms with E-state index in [0.717, 1.165) is 24.3 Å². The molecule has 0 aromatic carbocycles. The van der Waals surface area contributed by atoms with E-state index in [4.69, 9.17) is 4.74 Å². The number of carbonyl (C=O) groups excluding carboxylic acids is 1. The van der Waals surface area contributed by atoms with Gasteiger partial charge in [-0.1, -0.05) is 6.07 Å². The van der Waals surface area contributed by atoms with Gasteiger partial charge in [0.05, 0.1) is 31.1 Å². The van der Waals surface area contributed by atoms with Gasteiger partial charge in [0.2, 0.25) is 5.91 Å². The van der Waals surface area contributed by atoms with E-state index in [1.165, 1.54) is 0 Å². The second-order valence-corrected chi connectivity index (χ2v) is 5.94. The Morgan fingerprint density at radius 1 is 1.38 bits per heavy atom. The van der Waals surface area contributed by atoms with Crippen LogP contribution in [-0.2, 0) is 16.1 Å². The van der Waals surface area contributed by atoms with Crippen LogP contribution in [0.2, 0.25) is 0 Å². The minimum Gasteiger partial charge on any atom is -0.379 e. The van der Waals surface area contributed by atoms with E-state index in [1.54, 1.807) is 17.1 Å². The first-order valence-corrected chi connectivity index (χ1v) is 8.21. The van der Waals surface area contributed by atoms with Crippen molar-refractivity contribution in [3.05, 3.63) is 48.0 Å². The fraction of sp³-hybridized carbons (Fsp3) is 0.471. The van der Waals surface area contributed by atoms with Crippen LogP contribution >= 0.6 is 0 Å². The van der Waals surface area contributed by atoms with Crippen LogP contribution < -0.4 is 5.32 Å². The summed E-state index contributed by atoms with van der Waals surface area (Å²) < 4.78 is 7.08. The molecule has 0 spiro atoms. The van der Waals surface area contributed by atoms with Gasteiger partial charge >= 0.3 is 0 Å². The second kappa shape index (κ2) is 8.03. The number of carbonyl (C=O) groups is 1. The normalized spacial score (nSPS) is 16.7. The molecule has 1 saturated heterocycles. The third kappa shape index (κ3) is 4.39. The number of ether oxygens (including phenoxy) is 1. The molecule has 24 heavy (non-hydrogen) atoms. The van der Waals surface area contributed by atoms with Crippen molar-refractivity contribution >= 4 is 5.91 Å². The first-order valence-electron chi connectivity index (χ1n) is 8.21. The van der Waals surface area contributed by atoms with Crippen molar-refractivity contribution in [3.63, 3.8) is 0 Å². The lowest BCUT2D eigenvalue weighted by molar-refractivity contribution is -0.122. The number of aromatic nitrogens is 3. The highest BCUT2D eigenvalue weighted by Gasteiger charge is 2.24. The number of amides is 1. The van der Waals surface area contributed by atoms with Crippen molar-refractivity contribution in [3.8, 4) is 0 Å².